The molecule has 0 radical (unpaired) electrons. The highest BCUT2D eigenvalue weighted by atomic mass is 35.5. The first-order valence-corrected chi connectivity index (χ1v) is 7.76. The van der Waals surface area contributed by atoms with Gasteiger partial charge in [0.25, 0.3) is 11.5 Å². The number of nitrogens with one attached hydrogen (secondary N) is 1. The smallest absolute Gasteiger partial charge is 0.271 e. The Morgan fingerprint density at radius 2 is 2.14 bits per heavy atom. The number of nitrogens with zero attached hydrogens (tertiary/aromatic N) is 2. The minimum Gasteiger partial charge on any atom is -0.322 e. The Morgan fingerprint density at radius 3 is 2.86 bits per heavy atom. The Bertz CT molecular complexity index is 946. The third-order valence-electron chi connectivity index (χ3n) is 3.29. The Labute approximate surface area is 135 Å². The summed E-state index contributed by atoms with van der Waals surface area (Å²) in [5.74, 6) is -0.502. The molecule has 3 aromatic rings. The van der Waals surface area contributed by atoms with Crippen molar-refractivity contribution in [2.24, 2.45) is 0 Å². The summed E-state index contributed by atoms with van der Waals surface area (Å²) in [5.41, 5.74) is 1.82. The molecule has 1 amide bonds. The van der Waals surface area contributed by atoms with E-state index in [1.54, 1.807) is 25.1 Å². The zero-order valence-corrected chi connectivity index (χ0v) is 13.5. The van der Waals surface area contributed by atoms with Crippen LogP contribution in [0.15, 0.2) is 34.6 Å². The standard InChI is InChI=1S/C15H12ClN3O2S/c1-8-3-4-10(5-12(8)16)18-13(20)11-6-17-15-19(14(11)21)9(2)7-22-15/h3-7H,1-2H3,(H,18,20). The molecule has 1 aromatic carbocycles. The first-order valence-electron chi connectivity index (χ1n) is 6.51. The SMILES string of the molecule is Cc1ccc(NC(=O)c2cnc3scc(C)n3c2=O)cc1Cl. The van der Waals surface area contributed by atoms with E-state index in [1.807, 2.05) is 12.3 Å². The monoisotopic (exact) mass is 333 g/mol. The van der Waals surface area contributed by atoms with Crippen molar-refractivity contribution < 1.29 is 4.79 Å². The van der Waals surface area contributed by atoms with Crippen molar-refractivity contribution >= 4 is 39.5 Å². The van der Waals surface area contributed by atoms with Crippen LogP contribution in [0.1, 0.15) is 21.6 Å². The molecule has 0 saturated carbocycles. The maximum Gasteiger partial charge on any atom is 0.271 e. The summed E-state index contributed by atoms with van der Waals surface area (Å²) in [7, 11) is 0. The molecule has 7 heteroatoms. The number of rotatable bonds is 2. The molecule has 5 nitrogen and oxygen atoms in total. The zero-order valence-electron chi connectivity index (χ0n) is 11.9. The summed E-state index contributed by atoms with van der Waals surface area (Å²) >= 11 is 7.39. The quantitative estimate of drug-likeness (QED) is 0.782. The van der Waals surface area contributed by atoms with E-state index in [2.05, 4.69) is 10.3 Å². The van der Waals surface area contributed by atoms with Crippen molar-refractivity contribution in [3.05, 3.63) is 62.0 Å². The van der Waals surface area contributed by atoms with Crippen LogP contribution < -0.4 is 10.9 Å². The Kier molecular flexibility index (Phi) is 3.72. The number of halogens is 1. The summed E-state index contributed by atoms with van der Waals surface area (Å²) < 4.78 is 1.43. The molecule has 0 aliphatic rings. The van der Waals surface area contributed by atoms with Crippen LogP contribution in [0.5, 0.6) is 0 Å². The van der Waals surface area contributed by atoms with Crippen LogP contribution in [0.2, 0.25) is 5.02 Å². The molecule has 0 aliphatic carbocycles. The van der Waals surface area contributed by atoms with Crippen LogP contribution in [-0.4, -0.2) is 15.3 Å². The first-order chi connectivity index (χ1) is 10.5. The number of aromatic nitrogens is 2. The summed E-state index contributed by atoms with van der Waals surface area (Å²) in [6.07, 6.45) is 1.30. The molecule has 0 atom stereocenters. The Morgan fingerprint density at radius 1 is 1.36 bits per heavy atom. The number of hydrogen-bond donors (Lipinski definition) is 1. The molecule has 0 aliphatic heterocycles. The van der Waals surface area contributed by atoms with Gasteiger partial charge in [0, 0.05) is 28.0 Å². The Balaban J connectivity index is 1.98. The predicted molar refractivity (Wildman–Crippen MR) is 88.2 cm³/mol. The van der Waals surface area contributed by atoms with Gasteiger partial charge in [-0.1, -0.05) is 17.7 Å². The van der Waals surface area contributed by atoms with Gasteiger partial charge in [-0.05, 0) is 31.5 Å². The fraction of sp³-hybridized carbons (Fsp3) is 0.133. The number of anilines is 1. The van der Waals surface area contributed by atoms with Crippen LogP contribution in [0.25, 0.3) is 4.96 Å². The summed E-state index contributed by atoms with van der Waals surface area (Å²) in [6.45, 7) is 3.67. The molecular weight excluding hydrogens is 322 g/mol. The average Bonchev–Trinajstić information content (AvgIpc) is 2.85. The molecule has 2 aromatic heterocycles. The van der Waals surface area contributed by atoms with Gasteiger partial charge in [0.2, 0.25) is 0 Å². The van der Waals surface area contributed by atoms with Gasteiger partial charge in [0.15, 0.2) is 4.96 Å². The fourth-order valence-electron chi connectivity index (χ4n) is 2.05. The molecule has 0 saturated heterocycles. The largest absolute Gasteiger partial charge is 0.322 e. The molecule has 1 N–H and O–H groups in total. The summed E-state index contributed by atoms with van der Waals surface area (Å²) in [5, 5.41) is 5.05. The fourth-order valence-corrected chi connectivity index (χ4v) is 3.06. The van der Waals surface area contributed by atoms with E-state index in [0.29, 0.717) is 15.7 Å². The van der Waals surface area contributed by atoms with Crippen LogP contribution in [0, 0.1) is 13.8 Å². The lowest BCUT2D eigenvalue weighted by Gasteiger charge is -2.07. The number of thiazole rings is 1. The van der Waals surface area contributed by atoms with Gasteiger partial charge in [-0.25, -0.2) is 4.98 Å². The van der Waals surface area contributed by atoms with Gasteiger partial charge in [0.05, 0.1) is 0 Å². The van der Waals surface area contributed by atoms with Gasteiger partial charge in [-0.2, -0.15) is 0 Å². The molecule has 0 spiro atoms. The number of benzene rings is 1. The third-order valence-corrected chi connectivity index (χ3v) is 4.66. The number of amides is 1. The van der Waals surface area contributed by atoms with Crippen molar-refractivity contribution in [1.82, 2.24) is 9.38 Å². The van der Waals surface area contributed by atoms with Gasteiger partial charge < -0.3 is 5.32 Å². The third kappa shape index (κ3) is 2.51. The highest BCUT2D eigenvalue weighted by Crippen LogP contribution is 2.20. The second-order valence-electron chi connectivity index (χ2n) is 4.89. The molecule has 112 valence electrons. The topological polar surface area (TPSA) is 63.5 Å². The number of carbonyl (C=O) groups is 1. The van der Waals surface area contributed by atoms with Crippen LogP contribution in [0.4, 0.5) is 5.69 Å². The minimum atomic E-state index is -0.502. The second kappa shape index (κ2) is 5.55. The van der Waals surface area contributed by atoms with Crippen molar-refractivity contribution in [3.8, 4) is 0 Å². The number of hydrogen-bond acceptors (Lipinski definition) is 4. The number of carbonyl (C=O) groups excluding carboxylic acids is 1. The van der Waals surface area contributed by atoms with Crippen molar-refractivity contribution in [3.63, 3.8) is 0 Å². The minimum absolute atomic E-state index is 0.00398. The zero-order chi connectivity index (χ0) is 15.9. The molecule has 0 unspecified atom stereocenters. The lowest BCUT2D eigenvalue weighted by atomic mass is 10.2. The van der Waals surface area contributed by atoms with Crippen LogP contribution in [0.3, 0.4) is 0 Å². The number of aryl methyl sites for hydroxylation is 2. The van der Waals surface area contributed by atoms with Gasteiger partial charge in [-0.15, -0.1) is 11.3 Å². The van der Waals surface area contributed by atoms with Crippen molar-refractivity contribution in [2.45, 2.75) is 13.8 Å². The van der Waals surface area contributed by atoms with E-state index in [9.17, 15) is 9.59 Å². The van der Waals surface area contributed by atoms with Gasteiger partial charge in [0.1, 0.15) is 5.56 Å². The second-order valence-corrected chi connectivity index (χ2v) is 6.13. The van der Waals surface area contributed by atoms with Gasteiger partial charge >= 0.3 is 0 Å². The predicted octanol–water partition coefficient (Wildman–Crippen LogP) is 3.28. The summed E-state index contributed by atoms with van der Waals surface area (Å²) in [4.78, 5) is 29.4. The van der Waals surface area contributed by atoms with E-state index in [-0.39, 0.29) is 11.1 Å². The highest BCUT2D eigenvalue weighted by molar-refractivity contribution is 7.15. The van der Waals surface area contributed by atoms with E-state index in [1.165, 1.54) is 21.9 Å². The highest BCUT2D eigenvalue weighted by Gasteiger charge is 2.15. The maximum absolute atomic E-state index is 12.4. The molecule has 2 heterocycles. The van der Waals surface area contributed by atoms with Crippen molar-refractivity contribution in [2.75, 3.05) is 5.32 Å². The van der Waals surface area contributed by atoms with Gasteiger partial charge in [-0.3, -0.25) is 14.0 Å². The molecule has 0 bridgehead atoms. The molecular formula is C15H12ClN3O2S. The van der Waals surface area contributed by atoms with E-state index in [4.69, 9.17) is 11.6 Å². The van der Waals surface area contributed by atoms with Crippen LogP contribution in [-0.2, 0) is 0 Å². The average molecular weight is 334 g/mol. The normalized spacial score (nSPS) is 10.9. The summed E-state index contributed by atoms with van der Waals surface area (Å²) in [6, 6.07) is 5.18. The number of fused-ring (bicyclic) bond motifs is 1. The van der Waals surface area contributed by atoms with E-state index in [0.717, 1.165) is 11.3 Å². The Hall–Kier alpha value is -2.18. The lowest BCUT2D eigenvalue weighted by molar-refractivity contribution is 0.102. The lowest BCUT2D eigenvalue weighted by Crippen LogP contribution is -2.26. The van der Waals surface area contributed by atoms with Crippen LogP contribution >= 0.6 is 22.9 Å². The molecule has 0 fully saturated rings. The van der Waals surface area contributed by atoms with E-state index >= 15 is 0 Å². The molecule has 22 heavy (non-hydrogen) atoms. The first kappa shape index (κ1) is 14.7. The molecule has 3 rings (SSSR count). The van der Waals surface area contributed by atoms with E-state index < -0.39 is 5.91 Å². The maximum atomic E-state index is 12.4. The van der Waals surface area contributed by atoms with Crippen molar-refractivity contribution in [1.29, 1.82) is 0 Å².